The molecule has 0 aliphatic heterocycles. The summed E-state index contributed by atoms with van der Waals surface area (Å²) in [6.07, 6.45) is 0. The van der Waals surface area contributed by atoms with Crippen LogP contribution in [-0.2, 0) is 6.54 Å². The molecule has 2 N–H and O–H groups in total. The molecule has 1 unspecified atom stereocenters. The molecule has 0 saturated carbocycles. The van der Waals surface area contributed by atoms with E-state index in [1.165, 1.54) is 11.1 Å². The van der Waals surface area contributed by atoms with Crippen molar-refractivity contribution in [2.75, 3.05) is 20.1 Å². The van der Waals surface area contributed by atoms with E-state index in [9.17, 15) is 0 Å². The second kappa shape index (κ2) is 7.46. The van der Waals surface area contributed by atoms with Crippen LogP contribution >= 0.6 is 0 Å². The molecule has 0 heterocycles. The third kappa shape index (κ3) is 5.33. The quantitative estimate of drug-likeness (QED) is 0.758. The van der Waals surface area contributed by atoms with Crippen LogP contribution in [0.2, 0.25) is 0 Å². The Hall–Kier alpha value is -0.860. The van der Waals surface area contributed by atoms with Crippen molar-refractivity contribution in [3.05, 3.63) is 35.4 Å². The largest absolute Gasteiger partial charge is 0.319 e. The lowest BCUT2D eigenvalue weighted by atomic mass is 9.95. The highest BCUT2D eigenvalue weighted by atomic mass is 14.9. The van der Waals surface area contributed by atoms with Gasteiger partial charge in [-0.2, -0.15) is 0 Å². The van der Waals surface area contributed by atoms with Gasteiger partial charge in [-0.05, 0) is 44.5 Å². The number of aryl methyl sites for hydroxylation is 1. The van der Waals surface area contributed by atoms with E-state index >= 15 is 0 Å². The summed E-state index contributed by atoms with van der Waals surface area (Å²) in [6.45, 7) is 9.84. The smallest absolute Gasteiger partial charge is 0.0205 e. The van der Waals surface area contributed by atoms with Gasteiger partial charge in [-0.3, -0.25) is 0 Å². The second-order valence-corrected chi connectivity index (χ2v) is 5.18. The lowest BCUT2D eigenvalue weighted by molar-refractivity contribution is 0.352. The zero-order chi connectivity index (χ0) is 12.7. The molecule has 0 saturated heterocycles. The minimum Gasteiger partial charge on any atom is -0.319 e. The number of benzene rings is 1. The van der Waals surface area contributed by atoms with Crippen LogP contribution in [0.4, 0.5) is 0 Å². The number of hydrogen-bond donors (Lipinski definition) is 2. The molecule has 0 fully saturated rings. The molecule has 1 aromatic carbocycles. The molecule has 1 rings (SSSR count). The van der Waals surface area contributed by atoms with Gasteiger partial charge < -0.3 is 10.6 Å². The molecule has 0 aliphatic rings. The fourth-order valence-corrected chi connectivity index (χ4v) is 2.03. The van der Waals surface area contributed by atoms with Gasteiger partial charge in [0.25, 0.3) is 0 Å². The molecule has 2 nitrogen and oxygen atoms in total. The van der Waals surface area contributed by atoms with Gasteiger partial charge >= 0.3 is 0 Å². The maximum atomic E-state index is 3.56. The summed E-state index contributed by atoms with van der Waals surface area (Å²) in [4.78, 5) is 0. The molecule has 96 valence electrons. The third-order valence-corrected chi connectivity index (χ3v) is 3.23. The van der Waals surface area contributed by atoms with Crippen LogP contribution in [0.3, 0.4) is 0 Å². The lowest BCUT2D eigenvalue weighted by Crippen LogP contribution is -2.32. The Morgan fingerprint density at radius 3 is 2.53 bits per heavy atom. The molecule has 0 bridgehead atoms. The summed E-state index contributed by atoms with van der Waals surface area (Å²) in [5, 5.41) is 6.82. The number of hydrogen-bond acceptors (Lipinski definition) is 2. The van der Waals surface area contributed by atoms with Gasteiger partial charge in [0, 0.05) is 6.54 Å². The van der Waals surface area contributed by atoms with Crippen molar-refractivity contribution in [2.45, 2.75) is 27.3 Å². The first-order valence-electron chi connectivity index (χ1n) is 6.54. The monoisotopic (exact) mass is 234 g/mol. The Bertz CT molecular complexity index is 320. The van der Waals surface area contributed by atoms with Crippen molar-refractivity contribution in [1.29, 1.82) is 0 Å². The van der Waals surface area contributed by atoms with Gasteiger partial charge in [-0.15, -0.1) is 0 Å². The first-order chi connectivity index (χ1) is 8.13. The van der Waals surface area contributed by atoms with E-state index in [-0.39, 0.29) is 0 Å². The van der Waals surface area contributed by atoms with Gasteiger partial charge in [0.05, 0.1) is 0 Å². The molecular weight excluding hydrogens is 208 g/mol. The average molecular weight is 234 g/mol. The lowest BCUT2D eigenvalue weighted by Gasteiger charge is -2.21. The molecule has 0 amide bonds. The molecule has 1 atom stereocenters. The van der Waals surface area contributed by atoms with E-state index in [2.05, 4.69) is 55.7 Å². The zero-order valence-corrected chi connectivity index (χ0v) is 11.6. The first kappa shape index (κ1) is 14.2. The molecule has 0 radical (unpaired) electrons. The van der Waals surface area contributed by atoms with Gasteiger partial charge in [-0.25, -0.2) is 0 Å². The maximum absolute atomic E-state index is 3.56. The standard InChI is InChI=1S/C15H26N2/c1-12(2)15(10-16-4)11-17-9-14-7-5-6-13(3)8-14/h5-8,12,15-17H,9-11H2,1-4H3. The Labute approximate surface area is 106 Å². The van der Waals surface area contributed by atoms with E-state index in [1.807, 2.05) is 7.05 Å². The number of rotatable bonds is 7. The van der Waals surface area contributed by atoms with Gasteiger partial charge in [-0.1, -0.05) is 43.7 Å². The molecule has 0 aliphatic carbocycles. The predicted octanol–water partition coefficient (Wildman–Crippen LogP) is 2.58. The maximum Gasteiger partial charge on any atom is 0.0205 e. The Morgan fingerprint density at radius 1 is 1.18 bits per heavy atom. The topological polar surface area (TPSA) is 24.1 Å². The summed E-state index contributed by atoms with van der Waals surface area (Å²) in [6, 6.07) is 8.69. The minimum atomic E-state index is 0.699. The Balaban J connectivity index is 2.35. The highest BCUT2D eigenvalue weighted by Crippen LogP contribution is 2.09. The summed E-state index contributed by atoms with van der Waals surface area (Å²) >= 11 is 0. The highest BCUT2D eigenvalue weighted by molar-refractivity contribution is 5.21. The van der Waals surface area contributed by atoms with Crippen LogP contribution in [-0.4, -0.2) is 20.1 Å². The number of nitrogens with one attached hydrogen (secondary N) is 2. The summed E-state index contributed by atoms with van der Waals surface area (Å²) in [5.74, 6) is 1.41. The van der Waals surface area contributed by atoms with Crippen LogP contribution in [0.25, 0.3) is 0 Å². The van der Waals surface area contributed by atoms with E-state index in [1.54, 1.807) is 0 Å². The van der Waals surface area contributed by atoms with Crippen LogP contribution in [0.15, 0.2) is 24.3 Å². The SMILES string of the molecule is CNCC(CNCc1cccc(C)c1)C(C)C. The molecule has 0 aromatic heterocycles. The van der Waals surface area contributed by atoms with Crippen molar-refractivity contribution in [2.24, 2.45) is 11.8 Å². The first-order valence-corrected chi connectivity index (χ1v) is 6.54. The zero-order valence-electron chi connectivity index (χ0n) is 11.6. The van der Waals surface area contributed by atoms with Crippen molar-refractivity contribution in [3.63, 3.8) is 0 Å². The third-order valence-electron chi connectivity index (χ3n) is 3.23. The average Bonchev–Trinajstić information content (AvgIpc) is 2.28. The molecule has 0 spiro atoms. The van der Waals surface area contributed by atoms with Crippen LogP contribution in [0.5, 0.6) is 0 Å². The van der Waals surface area contributed by atoms with E-state index in [4.69, 9.17) is 0 Å². The van der Waals surface area contributed by atoms with Crippen molar-refractivity contribution >= 4 is 0 Å². The molecule has 17 heavy (non-hydrogen) atoms. The molecular formula is C15H26N2. The van der Waals surface area contributed by atoms with Crippen molar-refractivity contribution < 1.29 is 0 Å². The minimum absolute atomic E-state index is 0.699. The van der Waals surface area contributed by atoms with Gasteiger partial charge in [0.15, 0.2) is 0 Å². The summed E-state index contributed by atoms with van der Waals surface area (Å²) < 4.78 is 0. The van der Waals surface area contributed by atoms with Gasteiger partial charge in [0.1, 0.15) is 0 Å². The fourth-order valence-electron chi connectivity index (χ4n) is 2.03. The Kier molecular flexibility index (Phi) is 6.23. The second-order valence-electron chi connectivity index (χ2n) is 5.18. The highest BCUT2D eigenvalue weighted by Gasteiger charge is 2.11. The van der Waals surface area contributed by atoms with Crippen LogP contribution < -0.4 is 10.6 Å². The van der Waals surface area contributed by atoms with Crippen molar-refractivity contribution in [1.82, 2.24) is 10.6 Å². The van der Waals surface area contributed by atoms with E-state index < -0.39 is 0 Å². The molecule has 2 heteroatoms. The van der Waals surface area contributed by atoms with E-state index in [0.717, 1.165) is 19.6 Å². The van der Waals surface area contributed by atoms with Crippen LogP contribution in [0, 0.1) is 18.8 Å². The predicted molar refractivity (Wildman–Crippen MR) is 75.1 cm³/mol. The summed E-state index contributed by atoms with van der Waals surface area (Å²) in [7, 11) is 2.02. The Morgan fingerprint density at radius 2 is 1.94 bits per heavy atom. The van der Waals surface area contributed by atoms with Crippen LogP contribution in [0.1, 0.15) is 25.0 Å². The molecule has 1 aromatic rings. The summed E-state index contributed by atoms with van der Waals surface area (Å²) in [5.41, 5.74) is 2.71. The van der Waals surface area contributed by atoms with E-state index in [0.29, 0.717) is 11.8 Å². The fraction of sp³-hybridized carbons (Fsp3) is 0.600. The normalized spacial score (nSPS) is 13.0. The van der Waals surface area contributed by atoms with Crippen molar-refractivity contribution in [3.8, 4) is 0 Å². The van der Waals surface area contributed by atoms with Gasteiger partial charge in [0.2, 0.25) is 0 Å².